The first kappa shape index (κ1) is 14.3. The average molecular weight is 293 g/mol. The van der Waals surface area contributed by atoms with E-state index < -0.39 is 0 Å². The number of nitrogens with zero attached hydrogens (tertiary/aromatic N) is 2. The van der Waals surface area contributed by atoms with Gasteiger partial charge in [0.25, 0.3) is 0 Å². The first-order valence-corrected chi connectivity index (χ1v) is 6.88. The average Bonchev–Trinajstić information content (AvgIpc) is 2.97. The van der Waals surface area contributed by atoms with Crippen LogP contribution in [0.25, 0.3) is 0 Å². The molecule has 1 N–H and O–H groups in total. The number of benzene rings is 1. The van der Waals surface area contributed by atoms with Crippen LogP contribution in [0.4, 0.5) is 5.13 Å². The molecule has 2 aromatic rings. The summed E-state index contributed by atoms with van der Waals surface area (Å²) in [5, 5.41) is 10.6. The van der Waals surface area contributed by atoms with E-state index in [1.165, 1.54) is 11.3 Å². The summed E-state index contributed by atoms with van der Waals surface area (Å²) in [7, 11) is 3.18. The van der Waals surface area contributed by atoms with Crippen LogP contribution in [0.15, 0.2) is 23.7 Å². The lowest BCUT2D eigenvalue weighted by molar-refractivity contribution is -0.116. The minimum Gasteiger partial charge on any atom is -0.493 e. The van der Waals surface area contributed by atoms with Crippen LogP contribution >= 0.6 is 11.3 Å². The Bertz CT molecular complexity index is 572. The Kier molecular flexibility index (Phi) is 4.89. The molecule has 1 aromatic carbocycles. The lowest BCUT2D eigenvalue weighted by atomic mass is 10.1. The molecule has 0 fully saturated rings. The summed E-state index contributed by atoms with van der Waals surface area (Å²) in [6, 6.07) is 5.62. The van der Waals surface area contributed by atoms with E-state index in [9.17, 15) is 4.79 Å². The van der Waals surface area contributed by atoms with Gasteiger partial charge < -0.3 is 14.8 Å². The van der Waals surface area contributed by atoms with Gasteiger partial charge in [0.15, 0.2) is 11.5 Å². The Morgan fingerprint density at radius 2 is 2.10 bits per heavy atom. The third kappa shape index (κ3) is 3.67. The van der Waals surface area contributed by atoms with Crippen molar-refractivity contribution in [3.63, 3.8) is 0 Å². The van der Waals surface area contributed by atoms with Gasteiger partial charge >= 0.3 is 0 Å². The normalized spacial score (nSPS) is 10.1. The molecule has 0 aliphatic heterocycles. The van der Waals surface area contributed by atoms with E-state index in [0.29, 0.717) is 29.5 Å². The molecule has 1 amide bonds. The Balaban J connectivity index is 1.92. The summed E-state index contributed by atoms with van der Waals surface area (Å²) >= 11 is 1.29. The number of nitrogens with one attached hydrogen (secondary N) is 1. The van der Waals surface area contributed by atoms with E-state index in [-0.39, 0.29) is 5.91 Å². The van der Waals surface area contributed by atoms with Crippen LogP contribution in [0.3, 0.4) is 0 Å². The number of anilines is 1. The van der Waals surface area contributed by atoms with Gasteiger partial charge in [-0.15, -0.1) is 10.2 Å². The number of rotatable bonds is 6. The smallest absolute Gasteiger partial charge is 0.226 e. The molecule has 6 nitrogen and oxygen atoms in total. The summed E-state index contributed by atoms with van der Waals surface area (Å²) in [5.41, 5.74) is 2.58. The van der Waals surface area contributed by atoms with Crippen LogP contribution in [-0.2, 0) is 11.2 Å². The molecule has 0 spiro atoms. The van der Waals surface area contributed by atoms with Crippen LogP contribution in [0.1, 0.15) is 12.0 Å². The van der Waals surface area contributed by atoms with Gasteiger partial charge in [-0.1, -0.05) is 17.4 Å². The largest absolute Gasteiger partial charge is 0.493 e. The molecule has 106 valence electrons. The molecular formula is C13H15N3O3S. The molecule has 0 saturated carbocycles. The fourth-order valence-electron chi connectivity index (χ4n) is 1.70. The third-order valence-corrected chi connectivity index (χ3v) is 3.30. The van der Waals surface area contributed by atoms with E-state index in [0.717, 1.165) is 5.56 Å². The fourth-order valence-corrected chi connectivity index (χ4v) is 2.16. The first-order valence-electron chi connectivity index (χ1n) is 6.00. The van der Waals surface area contributed by atoms with Crippen molar-refractivity contribution in [2.45, 2.75) is 12.8 Å². The zero-order valence-corrected chi connectivity index (χ0v) is 12.1. The number of amides is 1. The molecule has 0 aliphatic rings. The summed E-state index contributed by atoms with van der Waals surface area (Å²) in [6.45, 7) is 0. The van der Waals surface area contributed by atoms with Crippen LogP contribution < -0.4 is 14.8 Å². The number of aryl methyl sites for hydroxylation is 1. The summed E-state index contributed by atoms with van der Waals surface area (Å²) < 4.78 is 10.4. The summed E-state index contributed by atoms with van der Waals surface area (Å²) in [6.07, 6.45) is 0.986. The fraction of sp³-hybridized carbons (Fsp3) is 0.308. The second kappa shape index (κ2) is 6.85. The highest BCUT2D eigenvalue weighted by Gasteiger charge is 2.08. The Labute approximate surface area is 120 Å². The number of carbonyl (C=O) groups excluding carboxylic acids is 1. The quantitative estimate of drug-likeness (QED) is 0.883. The highest BCUT2D eigenvalue weighted by molar-refractivity contribution is 7.13. The van der Waals surface area contributed by atoms with Gasteiger partial charge in [0.1, 0.15) is 5.51 Å². The van der Waals surface area contributed by atoms with Crippen LogP contribution in [0.2, 0.25) is 0 Å². The molecule has 0 unspecified atom stereocenters. The van der Waals surface area contributed by atoms with Crippen molar-refractivity contribution in [2.75, 3.05) is 19.5 Å². The van der Waals surface area contributed by atoms with E-state index in [1.54, 1.807) is 19.7 Å². The highest BCUT2D eigenvalue weighted by atomic mass is 32.1. The molecule has 0 radical (unpaired) electrons. The van der Waals surface area contributed by atoms with Gasteiger partial charge in [0, 0.05) is 6.42 Å². The second-order valence-electron chi connectivity index (χ2n) is 3.98. The molecule has 1 aromatic heterocycles. The Hall–Kier alpha value is -2.15. The van der Waals surface area contributed by atoms with Crippen molar-refractivity contribution in [2.24, 2.45) is 0 Å². The van der Waals surface area contributed by atoms with Gasteiger partial charge in [-0.2, -0.15) is 0 Å². The molecule has 0 aliphatic carbocycles. The number of methoxy groups -OCH3 is 2. The maximum Gasteiger partial charge on any atom is 0.226 e. The van der Waals surface area contributed by atoms with Crippen LogP contribution in [0, 0.1) is 0 Å². The number of ether oxygens (including phenoxy) is 2. The third-order valence-electron chi connectivity index (χ3n) is 2.70. The van der Waals surface area contributed by atoms with Crippen molar-refractivity contribution < 1.29 is 14.3 Å². The van der Waals surface area contributed by atoms with Crippen molar-refractivity contribution >= 4 is 22.4 Å². The molecule has 1 heterocycles. The zero-order valence-electron chi connectivity index (χ0n) is 11.3. The molecule has 7 heteroatoms. The molecule has 20 heavy (non-hydrogen) atoms. The number of hydrogen-bond acceptors (Lipinski definition) is 6. The van der Waals surface area contributed by atoms with Crippen molar-refractivity contribution in [3.05, 3.63) is 29.3 Å². The SMILES string of the molecule is COc1ccc(CCC(=O)Nc2nncs2)cc1OC. The minimum absolute atomic E-state index is 0.0865. The summed E-state index contributed by atoms with van der Waals surface area (Å²) in [4.78, 5) is 11.7. The maximum absolute atomic E-state index is 11.7. The van der Waals surface area contributed by atoms with E-state index in [1.807, 2.05) is 18.2 Å². The number of aromatic nitrogens is 2. The van der Waals surface area contributed by atoms with Gasteiger partial charge in [0.2, 0.25) is 11.0 Å². The lowest BCUT2D eigenvalue weighted by Crippen LogP contribution is -2.12. The monoisotopic (exact) mass is 293 g/mol. The Morgan fingerprint density at radius 3 is 2.75 bits per heavy atom. The maximum atomic E-state index is 11.7. The van der Waals surface area contributed by atoms with Gasteiger partial charge in [-0.05, 0) is 24.1 Å². The first-order chi connectivity index (χ1) is 9.72. The number of carbonyl (C=O) groups is 1. The molecule has 0 saturated heterocycles. The highest BCUT2D eigenvalue weighted by Crippen LogP contribution is 2.28. The minimum atomic E-state index is -0.0865. The second-order valence-corrected chi connectivity index (χ2v) is 4.81. The van der Waals surface area contributed by atoms with Gasteiger partial charge in [-0.3, -0.25) is 4.79 Å². The predicted molar refractivity (Wildman–Crippen MR) is 76.4 cm³/mol. The van der Waals surface area contributed by atoms with Crippen molar-refractivity contribution in [1.82, 2.24) is 10.2 Å². The van der Waals surface area contributed by atoms with Crippen LogP contribution in [0.5, 0.6) is 11.5 Å². The molecular weight excluding hydrogens is 278 g/mol. The molecule has 2 rings (SSSR count). The Morgan fingerprint density at radius 1 is 1.30 bits per heavy atom. The van der Waals surface area contributed by atoms with E-state index in [2.05, 4.69) is 15.5 Å². The standard InChI is InChI=1S/C13H15N3O3S/c1-18-10-5-3-9(7-11(10)19-2)4-6-12(17)15-13-16-14-8-20-13/h3,5,7-8H,4,6H2,1-2H3,(H,15,16,17). The van der Waals surface area contributed by atoms with Gasteiger partial charge in [0.05, 0.1) is 14.2 Å². The van der Waals surface area contributed by atoms with E-state index in [4.69, 9.17) is 9.47 Å². The van der Waals surface area contributed by atoms with Crippen molar-refractivity contribution in [3.8, 4) is 11.5 Å². The molecule has 0 bridgehead atoms. The molecule has 0 atom stereocenters. The predicted octanol–water partition coefficient (Wildman–Crippen LogP) is 2.13. The van der Waals surface area contributed by atoms with Crippen molar-refractivity contribution in [1.29, 1.82) is 0 Å². The number of hydrogen-bond donors (Lipinski definition) is 1. The summed E-state index contributed by atoms with van der Waals surface area (Å²) in [5.74, 6) is 1.25. The zero-order chi connectivity index (χ0) is 14.4. The van der Waals surface area contributed by atoms with Gasteiger partial charge in [-0.25, -0.2) is 0 Å². The van der Waals surface area contributed by atoms with E-state index >= 15 is 0 Å². The van der Waals surface area contributed by atoms with Crippen LogP contribution in [-0.4, -0.2) is 30.3 Å². The lowest BCUT2D eigenvalue weighted by Gasteiger charge is -2.09. The topological polar surface area (TPSA) is 73.3 Å².